The van der Waals surface area contributed by atoms with Crippen LogP contribution in [0.1, 0.15) is 5.56 Å². The van der Waals surface area contributed by atoms with Crippen LogP contribution in [0.25, 0.3) is 0 Å². The zero-order valence-electron chi connectivity index (χ0n) is 8.46. The Morgan fingerprint density at radius 3 is 2.87 bits per heavy atom. The van der Waals surface area contributed by atoms with Crippen molar-refractivity contribution in [3.63, 3.8) is 0 Å². The van der Waals surface area contributed by atoms with Gasteiger partial charge in [-0.25, -0.2) is 0 Å². The highest BCUT2D eigenvalue weighted by molar-refractivity contribution is 9.10. The molecule has 0 fully saturated rings. The second-order valence-electron chi connectivity index (χ2n) is 3.35. The minimum atomic E-state index is -0.664. The Morgan fingerprint density at radius 2 is 2.27 bits per heavy atom. The normalized spacial score (nSPS) is 12.2. The van der Waals surface area contributed by atoms with Crippen LogP contribution in [0, 0.1) is 6.92 Å². The highest BCUT2D eigenvalue weighted by Crippen LogP contribution is 2.20. The molecule has 4 nitrogen and oxygen atoms in total. The molecule has 0 heterocycles. The monoisotopic (exact) mass is 271 g/mol. The number of amides is 1. The van der Waals surface area contributed by atoms with E-state index in [1.54, 1.807) is 0 Å². The summed E-state index contributed by atoms with van der Waals surface area (Å²) in [4.78, 5) is 10.7. The molecule has 0 aliphatic heterocycles. The molecule has 1 aromatic rings. The van der Waals surface area contributed by atoms with E-state index in [2.05, 4.69) is 21.2 Å². The zero-order chi connectivity index (χ0) is 11.4. The van der Waals surface area contributed by atoms with Crippen LogP contribution in [0.3, 0.4) is 0 Å². The molecule has 1 amide bonds. The second-order valence-corrected chi connectivity index (χ2v) is 4.26. The van der Waals surface area contributed by atoms with Crippen LogP contribution in [0.2, 0.25) is 0 Å². The van der Waals surface area contributed by atoms with Crippen LogP contribution < -0.4 is 16.8 Å². The maximum absolute atomic E-state index is 10.7. The van der Waals surface area contributed by atoms with Crippen molar-refractivity contribution < 1.29 is 4.79 Å². The lowest BCUT2D eigenvalue weighted by Crippen LogP contribution is -2.41. The number of halogens is 1. The van der Waals surface area contributed by atoms with Gasteiger partial charge < -0.3 is 16.8 Å². The van der Waals surface area contributed by atoms with E-state index in [4.69, 9.17) is 11.5 Å². The third-order valence-corrected chi connectivity index (χ3v) is 2.57. The molecule has 0 aliphatic rings. The second kappa shape index (κ2) is 5.14. The highest BCUT2D eigenvalue weighted by atomic mass is 79.9. The number of primary amides is 1. The van der Waals surface area contributed by atoms with Gasteiger partial charge in [0.1, 0.15) is 6.04 Å². The van der Waals surface area contributed by atoms with Crippen LogP contribution in [-0.4, -0.2) is 18.5 Å². The molecule has 5 N–H and O–H groups in total. The van der Waals surface area contributed by atoms with E-state index < -0.39 is 11.9 Å². The Kier molecular flexibility index (Phi) is 4.11. The van der Waals surface area contributed by atoms with E-state index in [-0.39, 0.29) is 0 Å². The number of hydrogen-bond acceptors (Lipinski definition) is 3. The molecule has 0 radical (unpaired) electrons. The first-order valence-corrected chi connectivity index (χ1v) is 5.35. The summed E-state index contributed by atoms with van der Waals surface area (Å²) >= 11 is 3.37. The van der Waals surface area contributed by atoms with Gasteiger partial charge in [0.15, 0.2) is 0 Å². The van der Waals surface area contributed by atoms with E-state index in [0.29, 0.717) is 6.54 Å². The van der Waals surface area contributed by atoms with Gasteiger partial charge in [0, 0.05) is 16.7 Å². The summed E-state index contributed by atoms with van der Waals surface area (Å²) in [5, 5.41) is 3.08. The number of carbonyl (C=O) groups excluding carboxylic acids is 1. The Bertz CT molecular complexity index is 368. The number of hydrogen-bond donors (Lipinski definition) is 3. The van der Waals surface area contributed by atoms with E-state index in [0.717, 1.165) is 15.7 Å². The average molecular weight is 272 g/mol. The molecule has 5 heteroatoms. The lowest BCUT2D eigenvalue weighted by molar-refractivity contribution is -0.118. The maximum atomic E-state index is 10.7. The lowest BCUT2D eigenvalue weighted by atomic mass is 10.2. The van der Waals surface area contributed by atoms with Gasteiger partial charge in [-0.2, -0.15) is 0 Å². The summed E-state index contributed by atoms with van der Waals surface area (Å²) in [5.74, 6) is -0.504. The molecule has 0 saturated carbocycles. The molecule has 0 saturated heterocycles. The van der Waals surface area contributed by atoms with Gasteiger partial charge in [0.2, 0.25) is 5.91 Å². The number of benzene rings is 1. The van der Waals surface area contributed by atoms with Crippen LogP contribution in [0.15, 0.2) is 22.7 Å². The zero-order valence-corrected chi connectivity index (χ0v) is 10.0. The number of rotatable bonds is 4. The maximum Gasteiger partial charge on any atom is 0.236 e. The fourth-order valence-electron chi connectivity index (χ4n) is 1.11. The van der Waals surface area contributed by atoms with Crippen molar-refractivity contribution in [1.29, 1.82) is 0 Å². The minimum Gasteiger partial charge on any atom is -0.383 e. The number of nitrogens with one attached hydrogen (secondary N) is 1. The van der Waals surface area contributed by atoms with Gasteiger partial charge in [0.25, 0.3) is 0 Å². The topological polar surface area (TPSA) is 81.1 Å². The molecular formula is C10H14BrN3O. The predicted molar refractivity (Wildman–Crippen MR) is 64.5 cm³/mol. The molecule has 1 unspecified atom stereocenters. The number of carbonyl (C=O) groups is 1. The predicted octanol–water partition coefficient (Wildman–Crippen LogP) is 0.982. The first-order valence-electron chi connectivity index (χ1n) is 4.55. The Hall–Kier alpha value is -1.07. The average Bonchev–Trinajstić information content (AvgIpc) is 2.18. The summed E-state index contributed by atoms with van der Waals surface area (Å²) in [5.41, 5.74) is 12.6. The molecule has 1 aromatic carbocycles. The summed E-state index contributed by atoms with van der Waals surface area (Å²) in [7, 11) is 0. The molecule has 0 aromatic heterocycles. The van der Waals surface area contributed by atoms with Crippen molar-refractivity contribution >= 4 is 27.5 Å². The van der Waals surface area contributed by atoms with E-state index in [1.165, 1.54) is 0 Å². The number of anilines is 1. The van der Waals surface area contributed by atoms with Crippen molar-refractivity contribution in [1.82, 2.24) is 0 Å². The SMILES string of the molecule is Cc1ccc(Br)cc1NCC(N)C(N)=O. The van der Waals surface area contributed by atoms with Crippen molar-refractivity contribution in [2.24, 2.45) is 11.5 Å². The number of aryl methyl sites for hydroxylation is 1. The van der Waals surface area contributed by atoms with Gasteiger partial charge in [0.05, 0.1) is 0 Å². The van der Waals surface area contributed by atoms with Crippen molar-refractivity contribution in [2.75, 3.05) is 11.9 Å². The quantitative estimate of drug-likeness (QED) is 0.764. The Balaban J connectivity index is 2.65. The van der Waals surface area contributed by atoms with Crippen LogP contribution in [0.4, 0.5) is 5.69 Å². The molecule has 15 heavy (non-hydrogen) atoms. The first kappa shape index (κ1) is 12.0. The summed E-state index contributed by atoms with van der Waals surface area (Å²) in [6.07, 6.45) is 0. The van der Waals surface area contributed by atoms with E-state index in [9.17, 15) is 4.79 Å². The van der Waals surface area contributed by atoms with Gasteiger partial charge in [-0.3, -0.25) is 4.79 Å². The van der Waals surface area contributed by atoms with E-state index >= 15 is 0 Å². The molecule has 1 atom stereocenters. The van der Waals surface area contributed by atoms with Gasteiger partial charge in [-0.15, -0.1) is 0 Å². The number of nitrogens with two attached hydrogens (primary N) is 2. The molecule has 0 aliphatic carbocycles. The molecule has 0 bridgehead atoms. The molecule has 0 spiro atoms. The fraction of sp³-hybridized carbons (Fsp3) is 0.300. The smallest absolute Gasteiger partial charge is 0.236 e. The lowest BCUT2D eigenvalue weighted by Gasteiger charge is -2.12. The van der Waals surface area contributed by atoms with E-state index in [1.807, 2.05) is 25.1 Å². The van der Waals surface area contributed by atoms with Crippen LogP contribution >= 0.6 is 15.9 Å². The van der Waals surface area contributed by atoms with Crippen molar-refractivity contribution in [3.05, 3.63) is 28.2 Å². The third-order valence-electron chi connectivity index (χ3n) is 2.08. The largest absolute Gasteiger partial charge is 0.383 e. The Labute approximate surface area is 97.1 Å². The summed E-state index contributed by atoms with van der Waals surface area (Å²) < 4.78 is 0.975. The Morgan fingerprint density at radius 1 is 1.60 bits per heavy atom. The third kappa shape index (κ3) is 3.53. The molecule has 1 rings (SSSR count). The standard InChI is InChI=1S/C10H14BrN3O/c1-6-2-3-7(11)4-9(6)14-5-8(12)10(13)15/h2-4,8,14H,5,12H2,1H3,(H2,13,15). The van der Waals surface area contributed by atoms with Gasteiger partial charge in [-0.05, 0) is 24.6 Å². The minimum absolute atomic E-state index is 0.340. The van der Waals surface area contributed by atoms with Gasteiger partial charge >= 0.3 is 0 Å². The highest BCUT2D eigenvalue weighted by Gasteiger charge is 2.08. The van der Waals surface area contributed by atoms with Crippen LogP contribution in [-0.2, 0) is 4.79 Å². The first-order chi connectivity index (χ1) is 7.00. The molecular weight excluding hydrogens is 258 g/mol. The van der Waals surface area contributed by atoms with Crippen LogP contribution in [0.5, 0.6) is 0 Å². The van der Waals surface area contributed by atoms with Crippen molar-refractivity contribution in [3.8, 4) is 0 Å². The molecule has 82 valence electrons. The summed E-state index contributed by atoms with van der Waals surface area (Å²) in [6.45, 7) is 2.32. The summed E-state index contributed by atoms with van der Waals surface area (Å²) in [6, 6.07) is 5.20. The fourth-order valence-corrected chi connectivity index (χ4v) is 1.47. The van der Waals surface area contributed by atoms with Crippen molar-refractivity contribution in [2.45, 2.75) is 13.0 Å². The van der Waals surface area contributed by atoms with Gasteiger partial charge in [-0.1, -0.05) is 22.0 Å².